The fraction of sp³-hybridized carbons (Fsp3) is 0.667. The van der Waals surface area contributed by atoms with Crippen LogP contribution in [0.1, 0.15) is 44.2 Å². The number of sulfone groups is 1. The van der Waals surface area contributed by atoms with Gasteiger partial charge in [-0.05, 0) is 45.4 Å². The lowest BCUT2D eigenvalue weighted by atomic mass is 9.97. The molecule has 0 saturated carbocycles. The summed E-state index contributed by atoms with van der Waals surface area (Å²) in [5, 5.41) is 3.33. The van der Waals surface area contributed by atoms with Crippen molar-refractivity contribution in [2.75, 3.05) is 35.3 Å². The number of hydrogen-bond donors (Lipinski definition) is 1. The van der Waals surface area contributed by atoms with Crippen molar-refractivity contribution in [3.63, 3.8) is 0 Å². The molecule has 1 saturated heterocycles. The first-order valence-corrected chi connectivity index (χ1v) is 11.0. The Kier molecular flexibility index (Phi) is 5.61. The molecule has 7 heteroatoms. The first kappa shape index (κ1) is 18.2. The lowest BCUT2D eigenvalue weighted by Crippen LogP contribution is -2.33. The molecule has 0 aromatic carbocycles. The number of aromatic nitrogens is 2. The summed E-state index contributed by atoms with van der Waals surface area (Å²) < 4.78 is 23.5. The zero-order valence-electron chi connectivity index (χ0n) is 15.2. The maximum Gasteiger partial charge on any atom is 0.224 e. The molecule has 3 rings (SSSR count). The van der Waals surface area contributed by atoms with Crippen LogP contribution < -0.4 is 10.2 Å². The van der Waals surface area contributed by atoms with Gasteiger partial charge in [0.2, 0.25) is 5.95 Å². The van der Waals surface area contributed by atoms with Crippen molar-refractivity contribution in [2.45, 2.75) is 51.5 Å². The van der Waals surface area contributed by atoms with Crippen LogP contribution in [-0.4, -0.2) is 49.5 Å². The predicted octanol–water partition coefficient (Wildman–Crippen LogP) is 2.71. The molecule has 1 fully saturated rings. The minimum Gasteiger partial charge on any atom is -0.355 e. The third-order valence-corrected chi connectivity index (χ3v) is 6.82. The number of nitrogens with zero attached hydrogens (tertiary/aromatic N) is 3. The van der Waals surface area contributed by atoms with Crippen LogP contribution in [-0.2, 0) is 9.84 Å². The van der Waals surface area contributed by atoms with Crippen molar-refractivity contribution in [1.82, 2.24) is 9.97 Å². The SMILES string of the molecule is Cc1cc(N(C)C2CCS(=O)(=O)C2)nc(NCCC2=CCCCC2)n1. The van der Waals surface area contributed by atoms with E-state index in [1.54, 1.807) is 0 Å². The zero-order chi connectivity index (χ0) is 17.9. The van der Waals surface area contributed by atoms with Gasteiger partial charge >= 0.3 is 0 Å². The van der Waals surface area contributed by atoms with Crippen LogP contribution in [0.2, 0.25) is 0 Å². The molecule has 1 aliphatic heterocycles. The molecule has 2 aliphatic rings. The van der Waals surface area contributed by atoms with Crippen LogP contribution in [0.5, 0.6) is 0 Å². The van der Waals surface area contributed by atoms with E-state index < -0.39 is 9.84 Å². The molecule has 0 spiro atoms. The second-order valence-electron chi connectivity index (χ2n) is 7.14. The van der Waals surface area contributed by atoms with E-state index >= 15 is 0 Å². The molecular formula is C18H28N4O2S. The van der Waals surface area contributed by atoms with Gasteiger partial charge in [-0.2, -0.15) is 4.98 Å². The Labute approximate surface area is 150 Å². The topological polar surface area (TPSA) is 75.2 Å². The van der Waals surface area contributed by atoms with E-state index in [1.165, 1.54) is 31.3 Å². The molecule has 0 amide bonds. The second kappa shape index (κ2) is 7.72. The highest BCUT2D eigenvalue weighted by atomic mass is 32.2. The van der Waals surface area contributed by atoms with Crippen molar-refractivity contribution in [3.05, 3.63) is 23.4 Å². The summed E-state index contributed by atoms with van der Waals surface area (Å²) >= 11 is 0. The summed E-state index contributed by atoms with van der Waals surface area (Å²) in [6.07, 6.45) is 9.08. The van der Waals surface area contributed by atoms with E-state index in [0.717, 1.165) is 24.5 Å². The number of hydrogen-bond acceptors (Lipinski definition) is 6. The van der Waals surface area contributed by atoms with Gasteiger partial charge in [-0.3, -0.25) is 0 Å². The number of allylic oxidation sites excluding steroid dienone is 1. The normalized spacial score (nSPS) is 22.5. The molecule has 1 N–H and O–H groups in total. The monoisotopic (exact) mass is 364 g/mol. The van der Waals surface area contributed by atoms with Crippen LogP contribution >= 0.6 is 0 Å². The van der Waals surface area contributed by atoms with Gasteiger partial charge in [0.05, 0.1) is 11.5 Å². The van der Waals surface area contributed by atoms with E-state index in [2.05, 4.69) is 21.4 Å². The van der Waals surface area contributed by atoms with Crippen LogP contribution in [0.15, 0.2) is 17.7 Å². The van der Waals surface area contributed by atoms with Gasteiger partial charge in [-0.25, -0.2) is 13.4 Å². The number of rotatable bonds is 6. The Morgan fingerprint density at radius 1 is 1.32 bits per heavy atom. The second-order valence-corrected chi connectivity index (χ2v) is 9.37. The van der Waals surface area contributed by atoms with E-state index in [-0.39, 0.29) is 17.5 Å². The Morgan fingerprint density at radius 2 is 2.16 bits per heavy atom. The molecule has 2 heterocycles. The first-order valence-electron chi connectivity index (χ1n) is 9.14. The Balaban J connectivity index is 1.62. The standard InChI is InChI=1S/C18H28N4O2S/c1-14-12-17(22(2)16-9-11-25(23,24)13-16)21-18(20-14)19-10-8-15-6-4-3-5-7-15/h6,12,16H,3-5,7-11,13H2,1-2H3,(H,19,20,21). The smallest absolute Gasteiger partial charge is 0.224 e. The fourth-order valence-electron chi connectivity index (χ4n) is 3.55. The van der Waals surface area contributed by atoms with Crippen molar-refractivity contribution in [1.29, 1.82) is 0 Å². The first-order chi connectivity index (χ1) is 11.9. The van der Waals surface area contributed by atoms with E-state index in [4.69, 9.17) is 0 Å². The molecule has 6 nitrogen and oxygen atoms in total. The van der Waals surface area contributed by atoms with Gasteiger partial charge in [0.25, 0.3) is 0 Å². The van der Waals surface area contributed by atoms with Crippen LogP contribution in [0.4, 0.5) is 11.8 Å². The summed E-state index contributed by atoms with van der Waals surface area (Å²) in [6.45, 7) is 2.77. The lowest BCUT2D eigenvalue weighted by Gasteiger charge is -2.25. The quantitative estimate of drug-likeness (QED) is 0.782. The minimum absolute atomic E-state index is 0.000422. The number of nitrogens with one attached hydrogen (secondary N) is 1. The summed E-state index contributed by atoms with van der Waals surface area (Å²) in [7, 11) is -0.982. The third kappa shape index (κ3) is 4.93. The fourth-order valence-corrected chi connectivity index (χ4v) is 5.32. The number of aryl methyl sites for hydroxylation is 1. The zero-order valence-corrected chi connectivity index (χ0v) is 16.0. The van der Waals surface area contributed by atoms with Gasteiger partial charge in [-0.1, -0.05) is 11.6 Å². The van der Waals surface area contributed by atoms with Crippen molar-refractivity contribution < 1.29 is 8.42 Å². The minimum atomic E-state index is -2.90. The van der Waals surface area contributed by atoms with E-state index in [0.29, 0.717) is 12.4 Å². The average Bonchev–Trinajstić information content (AvgIpc) is 2.94. The molecule has 25 heavy (non-hydrogen) atoms. The van der Waals surface area contributed by atoms with Crippen molar-refractivity contribution in [3.8, 4) is 0 Å². The Bertz CT molecular complexity index is 745. The largest absolute Gasteiger partial charge is 0.355 e. The van der Waals surface area contributed by atoms with Gasteiger partial charge in [0, 0.05) is 31.4 Å². The third-order valence-electron chi connectivity index (χ3n) is 5.07. The summed E-state index contributed by atoms with van der Waals surface area (Å²) in [5.41, 5.74) is 2.41. The molecule has 1 unspecified atom stereocenters. The highest BCUT2D eigenvalue weighted by Crippen LogP contribution is 2.23. The van der Waals surface area contributed by atoms with Gasteiger partial charge < -0.3 is 10.2 Å². The van der Waals surface area contributed by atoms with Crippen molar-refractivity contribution in [2.24, 2.45) is 0 Å². The van der Waals surface area contributed by atoms with Crippen LogP contribution in [0, 0.1) is 6.92 Å². The van der Waals surface area contributed by atoms with Crippen LogP contribution in [0.25, 0.3) is 0 Å². The van der Waals surface area contributed by atoms with E-state index in [9.17, 15) is 8.42 Å². The molecule has 0 radical (unpaired) electrons. The number of anilines is 2. The van der Waals surface area contributed by atoms with Gasteiger partial charge in [0.1, 0.15) is 5.82 Å². The average molecular weight is 365 g/mol. The Morgan fingerprint density at radius 3 is 2.84 bits per heavy atom. The molecule has 1 aromatic rings. The highest BCUT2D eigenvalue weighted by molar-refractivity contribution is 7.91. The maximum atomic E-state index is 11.7. The van der Waals surface area contributed by atoms with E-state index in [1.807, 2.05) is 24.9 Å². The molecular weight excluding hydrogens is 336 g/mol. The van der Waals surface area contributed by atoms with Crippen molar-refractivity contribution >= 4 is 21.6 Å². The van der Waals surface area contributed by atoms with Gasteiger partial charge in [0.15, 0.2) is 9.84 Å². The highest BCUT2D eigenvalue weighted by Gasteiger charge is 2.31. The lowest BCUT2D eigenvalue weighted by molar-refractivity contribution is 0.600. The Hall–Kier alpha value is -1.63. The van der Waals surface area contributed by atoms with Gasteiger partial charge in [-0.15, -0.1) is 0 Å². The summed E-state index contributed by atoms with van der Waals surface area (Å²) in [4.78, 5) is 11.0. The molecule has 1 aliphatic carbocycles. The van der Waals surface area contributed by atoms with Crippen LogP contribution in [0.3, 0.4) is 0 Å². The molecule has 0 bridgehead atoms. The summed E-state index contributed by atoms with van der Waals surface area (Å²) in [6, 6.07) is 1.92. The molecule has 1 atom stereocenters. The maximum absolute atomic E-state index is 11.7. The summed E-state index contributed by atoms with van der Waals surface area (Å²) in [5.74, 6) is 1.89. The predicted molar refractivity (Wildman–Crippen MR) is 102 cm³/mol. The molecule has 1 aromatic heterocycles. The molecule has 138 valence electrons.